The van der Waals surface area contributed by atoms with Gasteiger partial charge in [-0.25, -0.2) is 4.68 Å². The minimum atomic E-state index is 0.186. The lowest BCUT2D eigenvalue weighted by atomic mass is 10.2. The van der Waals surface area contributed by atoms with Gasteiger partial charge in [-0.1, -0.05) is 0 Å². The van der Waals surface area contributed by atoms with Crippen LogP contribution >= 0.6 is 0 Å². The van der Waals surface area contributed by atoms with Gasteiger partial charge in [-0.15, -0.1) is 0 Å². The molecule has 0 saturated heterocycles. The quantitative estimate of drug-likeness (QED) is 0.655. The molecule has 0 bridgehead atoms. The lowest BCUT2D eigenvalue weighted by Gasteiger charge is -2.13. The Morgan fingerprint density at radius 2 is 2.10 bits per heavy atom. The first kappa shape index (κ1) is 13.7. The fourth-order valence-corrected chi connectivity index (χ4v) is 1.74. The van der Waals surface area contributed by atoms with Gasteiger partial charge in [0.25, 0.3) is 0 Å². The molecule has 0 radical (unpaired) electrons. The number of nitrogen functional groups attached to an aromatic ring is 1. The van der Waals surface area contributed by atoms with Crippen LogP contribution in [0.2, 0.25) is 0 Å². The van der Waals surface area contributed by atoms with Crippen LogP contribution in [0.4, 0.5) is 11.8 Å². The monoisotopic (exact) mass is 272 g/mol. The Hall–Kier alpha value is -2.70. The van der Waals surface area contributed by atoms with Crippen molar-refractivity contribution in [1.82, 2.24) is 19.7 Å². The van der Waals surface area contributed by atoms with Crippen molar-refractivity contribution < 1.29 is 4.79 Å². The molecule has 0 aromatic carbocycles. The number of carbonyl (C=O) groups is 1. The average molecular weight is 272 g/mol. The molecule has 0 unspecified atom stereocenters. The minimum Gasteiger partial charge on any atom is -0.368 e. The largest absolute Gasteiger partial charge is 0.368 e. The van der Waals surface area contributed by atoms with Crippen LogP contribution in [-0.2, 0) is 4.79 Å². The molecule has 0 spiro atoms. The molecule has 7 nitrogen and oxygen atoms in total. The van der Waals surface area contributed by atoms with Crippen molar-refractivity contribution in [1.29, 1.82) is 0 Å². The average Bonchev–Trinajstić information content (AvgIpc) is 2.77. The van der Waals surface area contributed by atoms with Crippen molar-refractivity contribution in [3.63, 3.8) is 0 Å². The smallest absolute Gasteiger partial charge is 0.224 e. The van der Waals surface area contributed by atoms with E-state index in [1.165, 1.54) is 6.08 Å². The van der Waals surface area contributed by atoms with Gasteiger partial charge >= 0.3 is 0 Å². The van der Waals surface area contributed by atoms with Crippen molar-refractivity contribution in [2.24, 2.45) is 0 Å². The van der Waals surface area contributed by atoms with E-state index in [0.29, 0.717) is 11.6 Å². The van der Waals surface area contributed by atoms with Gasteiger partial charge in [-0.3, -0.25) is 4.79 Å². The van der Waals surface area contributed by atoms with E-state index in [4.69, 9.17) is 5.73 Å². The van der Waals surface area contributed by atoms with Gasteiger partial charge in [-0.05, 0) is 19.1 Å². The zero-order valence-corrected chi connectivity index (χ0v) is 11.6. The molecule has 20 heavy (non-hydrogen) atoms. The Morgan fingerprint density at radius 1 is 1.35 bits per heavy atom. The van der Waals surface area contributed by atoms with Crippen molar-refractivity contribution in [2.45, 2.75) is 6.92 Å². The van der Waals surface area contributed by atoms with Crippen LogP contribution in [0.25, 0.3) is 11.9 Å². The normalized spacial score (nSPS) is 10.9. The van der Waals surface area contributed by atoms with Crippen LogP contribution < -0.4 is 10.6 Å². The van der Waals surface area contributed by atoms with Crippen LogP contribution in [0.3, 0.4) is 0 Å². The molecular weight excluding hydrogens is 256 g/mol. The Kier molecular flexibility index (Phi) is 3.79. The van der Waals surface area contributed by atoms with E-state index >= 15 is 0 Å². The molecule has 104 valence electrons. The van der Waals surface area contributed by atoms with Crippen LogP contribution in [0.1, 0.15) is 11.3 Å². The number of allylic oxidation sites excluding steroid dienone is 1. The van der Waals surface area contributed by atoms with E-state index in [0.717, 1.165) is 17.5 Å². The van der Waals surface area contributed by atoms with E-state index in [-0.39, 0.29) is 5.95 Å². The first-order chi connectivity index (χ1) is 9.52. The summed E-state index contributed by atoms with van der Waals surface area (Å²) in [6, 6.07) is 1.80. The fourth-order valence-electron chi connectivity index (χ4n) is 1.74. The van der Waals surface area contributed by atoms with Crippen LogP contribution in [0, 0.1) is 6.92 Å². The highest BCUT2D eigenvalue weighted by Gasteiger charge is 2.10. The SMILES string of the molecule is Cc1c(C=CC=O)cnn1-c1cc(N(C)C)nc(N)n1. The molecule has 2 N–H and O–H groups in total. The molecule has 2 rings (SSSR count). The summed E-state index contributed by atoms with van der Waals surface area (Å²) in [5, 5.41) is 4.27. The summed E-state index contributed by atoms with van der Waals surface area (Å²) < 4.78 is 1.66. The molecule has 0 aliphatic heterocycles. The van der Waals surface area contributed by atoms with E-state index in [2.05, 4.69) is 15.1 Å². The first-order valence-corrected chi connectivity index (χ1v) is 6.01. The molecule has 2 aromatic rings. The van der Waals surface area contributed by atoms with Crippen molar-refractivity contribution in [2.75, 3.05) is 24.7 Å². The van der Waals surface area contributed by atoms with Crippen molar-refractivity contribution in [3.8, 4) is 5.82 Å². The van der Waals surface area contributed by atoms with Gasteiger partial charge in [0.2, 0.25) is 5.95 Å². The maximum Gasteiger partial charge on any atom is 0.224 e. The number of nitrogens with two attached hydrogens (primary N) is 1. The summed E-state index contributed by atoms with van der Waals surface area (Å²) in [6.45, 7) is 1.89. The Balaban J connectivity index is 2.49. The highest BCUT2D eigenvalue weighted by molar-refractivity contribution is 5.74. The molecule has 0 amide bonds. The Labute approximate surface area is 116 Å². The van der Waals surface area contributed by atoms with Gasteiger partial charge in [0, 0.05) is 25.7 Å². The Morgan fingerprint density at radius 3 is 2.75 bits per heavy atom. The lowest BCUT2D eigenvalue weighted by Crippen LogP contribution is -2.14. The number of rotatable bonds is 4. The maximum absolute atomic E-state index is 10.4. The van der Waals surface area contributed by atoms with E-state index in [1.54, 1.807) is 23.0 Å². The summed E-state index contributed by atoms with van der Waals surface area (Å²) in [5.74, 6) is 1.47. The predicted octanol–water partition coefficient (Wildman–Crippen LogP) is 0.831. The zero-order valence-electron chi connectivity index (χ0n) is 11.6. The second-order valence-corrected chi connectivity index (χ2v) is 4.43. The van der Waals surface area contributed by atoms with Gasteiger partial charge in [-0.2, -0.15) is 15.1 Å². The van der Waals surface area contributed by atoms with Crippen molar-refractivity contribution in [3.05, 3.63) is 29.6 Å². The summed E-state index contributed by atoms with van der Waals surface area (Å²) >= 11 is 0. The van der Waals surface area contributed by atoms with Gasteiger partial charge in [0.15, 0.2) is 5.82 Å². The highest BCUT2D eigenvalue weighted by Crippen LogP contribution is 2.18. The zero-order chi connectivity index (χ0) is 14.7. The molecular formula is C13H16N6O. The molecule has 0 fully saturated rings. The third-order valence-corrected chi connectivity index (χ3v) is 2.79. The second-order valence-electron chi connectivity index (χ2n) is 4.43. The standard InChI is InChI=1S/C13H16N6O/c1-9-10(5-4-6-20)8-15-19(9)12-7-11(18(2)3)16-13(14)17-12/h4-8H,1-3H3,(H2,14,16,17). The summed E-state index contributed by atoms with van der Waals surface area (Å²) in [5.41, 5.74) is 7.44. The van der Waals surface area contributed by atoms with Gasteiger partial charge in [0.05, 0.1) is 11.9 Å². The van der Waals surface area contributed by atoms with Crippen LogP contribution in [0.5, 0.6) is 0 Å². The van der Waals surface area contributed by atoms with E-state index in [1.807, 2.05) is 25.9 Å². The molecule has 2 aromatic heterocycles. The molecule has 7 heteroatoms. The first-order valence-electron chi connectivity index (χ1n) is 6.01. The van der Waals surface area contributed by atoms with Crippen LogP contribution in [-0.4, -0.2) is 40.1 Å². The fraction of sp³-hybridized carbons (Fsp3) is 0.231. The number of hydrogen-bond acceptors (Lipinski definition) is 6. The van der Waals surface area contributed by atoms with E-state index in [9.17, 15) is 4.79 Å². The third kappa shape index (κ3) is 2.66. The highest BCUT2D eigenvalue weighted by atomic mass is 16.1. The maximum atomic E-state index is 10.4. The number of aldehydes is 1. The topological polar surface area (TPSA) is 89.9 Å². The van der Waals surface area contributed by atoms with Crippen molar-refractivity contribution >= 4 is 24.1 Å². The number of anilines is 2. The lowest BCUT2D eigenvalue weighted by molar-refractivity contribution is -0.104. The number of aromatic nitrogens is 4. The minimum absolute atomic E-state index is 0.186. The van der Waals surface area contributed by atoms with E-state index < -0.39 is 0 Å². The van der Waals surface area contributed by atoms with Gasteiger partial charge < -0.3 is 10.6 Å². The molecule has 0 saturated carbocycles. The van der Waals surface area contributed by atoms with Crippen LogP contribution in [0.15, 0.2) is 18.3 Å². The number of nitrogens with zero attached hydrogens (tertiary/aromatic N) is 5. The molecule has 2 heterocycles. The second kappa shape index (κ2) is 5.52. The molecule has 0 atom stereocenters. The molecule has 0 aliphatic carbocycles. The third-order valence-electron chi connectivity index (χ3n) is 2.79. The summed E-state index contributed by atoms with van der Waals surface area (Å²) in [7, 11) is 3.75. The molecule has 0 aliphatic rings. The summed E-state index contributed by atoms with van der Waals surface area (Å²) in [4.78, 5) is 20.5. The summed E-state index contributed by atoms with van der Waals surface area (Å²) in [6.07, 6.45) is 5.52. The number of carbonyl (C=O) groups excluding carboxylic acids is 1. The number of hydrogen-bond donors (Lipinski definition) is 1. The van der Waals surface area contributed by atoms with Gasteiger partial charge in [0.1, 0.15) is 12.1 Å². The predicted molar refractivity (Wildman–Crippen MR) is 77.7 cm³/mol. The Bertz CT molecular complexity index is 659.